The summed E-state index contributed by atoms with van der Waals surface area (Å²) in [5, 5.41) is 23.9. The Kier molecular flexibility index (Phi) is 7.36. The van der Waals surface area contributed by atoms with Gasteiger partial charge in [-0.1, -0.05) is 30.3 Å². The number of hydrogen-bond acceptors (Lipinski definition) is 6. The van der Waals surface area contributed by atoms with Crippen LogP contribution in [0.2, 0.25) is 0 Å². The average Bonchev–Trinajstić information content (AvgIpc) is 3.09. The maximum absolute atomic E-state index is 13.0. The van der Waals surface area contributed by atoms with Crippen LogP contribution in [-0.2, 0) is 16.1 Å². The summed E-state index contributed by atoms with van der Waals surface area (Å²) in [4.78, 5) is 16.8. The quantitative estimate of drug-likeness (QED) is 0.595. The van der Waals surface area contributed by atoms with Gasteiger partial charge in [0.15, 0.2) is 0 Å². The summed E-state index contributed by atoms with van der Waals surface area (Å²) in [6, 6.07) is 16.3. The Morgan fingerprint density at radius 1 is 0.969 bits per heavy atom. The van der Waals surface area contributed by atoms with Gasteiger partial charge in [0, 0.05) is 45.0 Å². The first kappa shape index (κ1) is 22.7. The molecule has 4 unspecified atom stereocenters. The normalized spacial score (nSPS) is 25.8. The molecular formula is C24H30FN3O4. The SMILES string of the molecule is O=C(CC1OC(CNCc2ccc(F)cc2)C(O)C1O)N1CCN(c2ccccc2)CC1. The van der Waals surface area contributed by atoms with Gasteiger partial charge in [-0.25, -0.2) is 4.39 Å². The Bertz CT molecular complexity index is 875. The van der Waals surface area contributed by atoms with Gasteiger partial charge in [0.1, 0.15) is 18.0 Å². The number of carbonyl (C=O) groups is 1. The largest absolute Gasteiger partial charge is 0.388 e. The van der Waals surface area contributed by atoms with E-state index in [1.54, 1.807) is 17.0 Å². The molecule has 2 aromatic carbocycles. The second-order valence-electron chi connectivity index (χ2n) is 8.36. The first-order valence-electron chi connectivity index (χ1n) is 11.1. The summed E-state index contributed by atoms with van der Waals surface area (Å²) in [6.45, 7) is 3.53. The predicted octanol–water partition coefficient (Wildman–Crippen LogP) is 1.14. The van der Waals surface area contributed by atoms with Crippen LogP contribution in [0.5, 0.6) is 0 Å². The van der Waals surface area contributed by atoms with E-state index in [4.69, 9.17) is 4.74 Å². The number of halogens is 1. The van der Waals surface area contributed by atoms with Crippen molar-refractivity contribution >= 4 is 11.6 Å². The Hall–Kier alpha value is -2.52. The molecule has 0 radical (unpaired) electrons. The van der Waals surface area contributed by atoms with Gasteiger partial charge in [-0.3, -0.25) is 4.79 Å². The van der Waals surface area contributed by atoms with E-state index in [2.05, 4.69) is 22.3 Å². The minimum absolute atomic E-state index is 0.0397. The fourth-order valence-electron chi connectivity index (χ4n) is 4.28. The molecule has 1 amide bonds. The van der Waals surface area contributed by atoms with Gasteiger partial charge >= 0.3 is 0 Å². The Balaban J connectivity index is 1.22. The Labute approximate surface area is 187 Å². The summed E-state index contributed by atoms with van der Waals surface area (Å²) in [6.07, 6.45) is -3.48. The first-order valence-corrected chi connectivity index (χ1v) is 11.1. The van der Waals surface area contributed by atoms with E-state index in [0.29, 0.717) is 26.2 Å². The highest BCUT2D eigenvalue weighted by Gasteiger charge is 2.43. The maximum Gasteiger partial charge on any atom is 0.225 e. The molecule has 3 N–H and O–H groups in total. The second kappa shape index (κ2) is 10.4. The van der Waals surface area contributed by atoms with E-state index in [1.807, 2.05) is 18.2 Å². The number of rotatable bonds is 7. The monoisotopic (exact) mass is 443 g/mol. The predicted molar refractivity (Wildman–Crippen MR) is 119 cm³/mol. The summed E-state index contributed by atoms with van der Waals surface area (Å²) >= 11 is 0. The number of nitrogens with zero attached hydrogens (tertiary/aromatic N) is 2. The highest BCUT2D eigenvalue weighted by Crippen LogP contribution is 2.25. The first-order chi connectivity index (χ1) is 15.5. The Morgan fingerprint density at radius 2 is 1.62 bits per heavy atom. The van der Waals surface area contributed by atoms with Crippen molar-refractivity contribution in [3.8, 4) is 0 Å². The van der Waals surface area contributed by atoms with E-state index in [1.165, 1.54) is 12.1 Å². The van der Waals surface area contributed by atoms with Crippen molar-refractivity contribution in [1.29, 1.82) is 0 Å². The lowest BCUT2D eigenvalue weighted by atomic mass is 10.0. The fraction of sp³-hybridized carbons (Fsp3) is 0.458. The number of nitrogens with one attached hydrogen (secondary N) is 1. The van der Waals surface area contributed by atoms with Crippen LogP contribution in [0, 0.1) is 5.82 Å². The number of amides is 1. The third-order valence-electron chi connectivity index (χ3n) is 6.18. The van der Waals surface area contributed by atoms with E-state index in [-0.39, 0.29) is 18.1 Å². The number of anilines is 1. The zero-order valence-corrected chi connectivity index (χ0v) is 17.9. The maximum atomic E-state index is 13.0. The molecule has 2 aliphatic heterocycles. The summed E-state index contributed by atoms with van der Waals surface area (Å²) in [5.74, 6) is -0.366. The standard InChI is InChI=1S/C24H30FN3O4/c25-18-8-6-17(7-9-18)15-26-16-21-24(31)23(30)20(32-21)14-22(29)28-12-10-27(11-13-28)19-4-2-1-3-5-19/h1-9,20-21,23-24,26,30-31H,10-16H2. The van der Waals surface area contributed by atoms with Crippen LogP contribution in [-0.4, -0.2) is 78.2 Å². The molecule has 0 aliphatic carbocycles. The highest BCUT2D eigenvalue weighted by molar-refractivity contribution is 5.77. The number of carbonyl (C=O) groups excluding carboxylic acids is 1. The molecule has 2 aliphatic rings. The zero-order valence-electron chi connectivity index (χ0n) is 17.9. The number of aliphatic hydroxyl groups excluding tert-OH is 2. The van der Waals surface area contributed by atoms with Crippen LogP contribution in [0.15, 0.2) is 54.6 Å². The molecule has 172 valence electrons. The van der Waals surface area contributed by atoms with Crippen LogP contribution >= 0.6 is 0 Å². The highest BCUT2D eigenvalue weighted by atomic mass is 19.1. The van der Waals surface area contributed by atoms with Crippen molar-refractivity contribution in [2.75, 3.05) is 37.6 Å². The third-order valence-corrected chi connectivity index (χ3v) is 6.18. The number of aliphatic hydroxyl groups is 2. The molecule has 7 nitrogen and oxygen atoms in total. The fourth-order valence-corrected chi connectivity index (χ4v) is 4.28. The van der Waals surface area contributed by atoms with Crippen molar-refractivity contribution < 1.29 is 24.1 Å². The minimum atomic E-state index is -1.11. The van der Waals surface area contributed by atoms with Crippen molar-refractivity contribution in [1.82, 2.24) is 10.2 Å². The van der Waals surface area contributed by atoms with Gasteiger partial charge in [0.05, 0.1) is 18.6 Å². The number of hydrogen-bond donors (Lipinski definition) is 3. The molecule has 4 atom stereocenters. The van der Waals surface area contributed by atoms with Gasteiger partial charge in [-0.2, -0.15) is 0 Å². The minimum Gasteiger partial charge on any atom is -0.388 e. The summed E-state index contributed by atoms with van der Waals surface area (Å²) < 4.78 is 18.8. The molecule has 0 bridgehead atoms. The van der Waals surface area contributed by atoms with Crippen LogP contribution in [0.3, 0.4) is 0 Å². The Morgan fingerprint density at radius 3 is 2.31 bits per heavy atom. The lowest BCUT2D eigenvalue weighted by Gasteiger charge is -2.36. The molecule has 2 fully saturated rings. The van der Waals surface area contributed by atoms with Crippen LogP contribution in [0.25, 0.3) is 0 Å². The van der Waals surface area contributed by atoms with Crippen molar-refractivity contribution in [3.63, 3.8) is 0 Å². The number of ether oxygens (including phenoxy) is 1. The summed E-state index contributed by atoms with van der Waals surface area (Å²) in [7, 11) is 0. The smallest absolute Gasteiger partial charge is 0.225 e. The lowest BCUT2D eigenvalue weighted by Crippen LogP contribution is -2.49. The molecule has 2 aromatic rings. The molecule has 8 heteroatoms. The zero-order chi connectivity index (χ0) is 22.5. The van der Waals surface area contributed by atoms with Crippen molar-refractivity contribution in [3.05, 3.63) is 66.0 Å². The molecule has 2 saturated heterocycles. The van der Waals surface area contributed by atoms with Gasteiger partial charge in [-0.05, 0) is 29.8 Å². The molecule has 4 rings (SSSR count). The lowest BCUT2D eigenvalue weighted by molar-refractivity contribution is -0.135. The van der Waals surface area contributed by atoms with Crippen LogP contribution in [0.4, 0.5) is 10.1 Å². The van der Waals surface area contributed by atoms with Gasteiger partial charge in [-0.15, -0.1) is 0 Å². The summed E-state index contributed by atoms with van der Waals surface area (Å²) in [5.41, 5.74) is 2.05. The number of piperazine rings is 1. The van der Waals surface area contributed by atoms with E-state index < -0.39 is 24.4 Å². The molecule has 0 spiro atoms. The van der Waals surface area contributed by atoms with E-state index in [9.17, 15) is 19.4 Å². The number of benzene rings is 2. The van der Waals surface area contributed by atoms with Crippen molar-refractivity contribution in [2.24, 2.45) is 0 Å². The molecule has 32 heavy (non-hydrogen) atoms. The molecular weight excluding hydrogens is 413 g/mol. The van der Waals surface area contributed by atoms with E-state index in [0.717, 1.165) is 24.3 Å². The van der Waals surface area contributed by atoms with Crippen molar-refractivity contribution in [2.45, 2.75) is 37.4 Å². The van der Waals surface area contributed by atoms with E-state index >= 15 is 0 Å². The van der Waals surface area contributed by atoms with Crippen LogP contribution in [0.1, 0.15) is 12.0 Å². The molecule has 0 saturated carbocycles. The average molecular weight is 444 g/mol. The van der Waals surface area contributed by atoms with Gasteiger partial charge < -0.3 is 30.1 Å². The second-order valence-corrected chi connectivity index (χ2v) is 8.36. The van der Waals surface area contributed by atoms with Gasteiger partial charge in [0.25, 0.3) is 0 Å². The third kappa shape index (κ3) is 5.45. The molecule has 0 aromatic heterocycles. The van der Waals surface area contributed by atoms with Crippen LogP contribution < -0.4 is 10.2 Å². The molecule has 2 heterocycles. The van der Waals surface area contributed by atoms with Gasteiger partial charge in [0.2, 0.25) is 5.91 Å². The topological polar surface area (TPSA) is 85.3 Å². The number of para-hydroxylation sites is 1.